The van der Waals surface area contributed by atoms with Crippen LogP contribution in [0.2, 0.25) is 0 Å². The molecule has 2 rings (SSSR count). The zero-order valence-electron chi connectivity index (χ0n) is 12.6. The van der Waals surface area contributed by atoms with Crippen LogP contribution in [0.15, 0.2) is 30.3 Å². The molecule has 146 valence electrons. The highest BCUT2D eigenvalue weighted by atomic mass is 35.6. The van der Waals surface area contributed by atoms with Crippen molar-refractivity contribution in [3.05, 3.63) is 59.4 Å². The molecule has 0 aromatic heterocycles. The summed E-state index contributed by atoms with van der Waals surface area (Å²) in [7, 11) is 0. The summed E-state index contributed by atoms with van der Waals surface area (Å²) >= 11 is 25.0. The molecule has 0 heterocycles. The van der Waals surface area contributed by atoms with Crippen molar-refractivity contribution >= 4 is 72.8 Å². The van der Waals surface area contributed by atoms with Gasteiger partial charge >= 0.3 is 14.8 Å². The van der Waals surface area contributed by atoms with E-state index in [1.807, 2.05) is 0 Å². The minimum Gasteiger partial charge on any atom is -0.610 e. The molecule has 0 N–H and O–H groups in total. The first-order chi connectivity index (χ1) is 12.4. The Labute approximate surface area is 179 Å². The Morgan fingerprint density at radius 3 is 1.56 bits per heavy atom. The first kappa shape index (κ1) is 23.0. The Kier molecular flexibility index (Phi) is 7.30. The van der Waals surface area contributed by atoms with Crippen molar-refractivity contribution in [3.63, 3.8) is 0 Å². The molecule has 2 aromatic carbocycles. The van der Waals surface area contributed by atoms with Crippen molar-refractivity contribution in [2.45, 2.75) is 6.99 Å². The summed E-state index contributed by atoms with van der Waals surface area (Å²) in [5, 5.41) is 0. The monoisotopic (exact) mass is 502 g/mol. The number of hydrogen-bond acceptors (Lipinski definition) is 2. The molecule has 27 heavy (non-hydrogen) atoms. The van der Waals surface area contributed by atoms with Crippen molar-refractivity contribution in [1.82, 2.24) is 0 Å². The highest BCUT2D eigenvalue weighted by molar-refractivity contribution is 6.88. The van der Waals surface area contributed by atoms with E-state index in [2.05, 4.69) is 0 Å². The third kappa shape index (κ3) is 4.81. The summed E-state index contributed by atoms with van der Waals surface area (Å²) in [6.07, 6.45) is 0. The molecule has 2 nitrogen and oxygen atoms in total. The molecule has 0 saturated heterocycles. The van der Waals surface area contributed by atoms with E-state index in [-0.39, 0.29) is 5.75 Å². The van der Waals surface area contributed by atoms with Crippen molar-refractivity contribution in [3.8, 4) is 11.5 Å². The van der Waals surface area contributed by atoms with Gasteiger partial charge in [-0.15, -0.1) is 23.2 Å². The van der Waals surface area contributed by atoms with Gasteiger partial charge in [0.25, 0.3) is 0 Å². The number of alkyl halides is 5. The normalized spacial score (nSPS) is 12.1. The van der Waals surface area contributed by atoms with Crippen molar-refractivity contribution in [1.29, 1.82) is 0 Å². The fraction of sp³-hybridized carbons (Fsp3) is 0.143. The number of para-hydroxylation sites is 1. The molecule has 0 fully saturated rings. The van der Waals surface area contributed by atoms with Crippen LogP contribution in [0.4, 0.5) is 22.0 Å². The van der Waals surface area contributed by atoms with Gasteiger partial charge in [0.05, 0.1) is 5.75 Å². The smallest absolute Gasteiger partial charge is 0.610 e. The Morgan fingerprint density at radius 2 is 1.11 bits per heavy atom. The molecule has 13 heteroatoms. The predicted molar refractivity (Wildman–Crippen MR) is 94.4 cm³/mol. The Morgan fingerprint density at radius 1 is 0.667 bits per heavy atom. The van der Waals surface area contributed by atoms with Gasteiger partial charge in [-0.3, -0.25) is 0 Å². The van der Waals surface area contributed by atoms with Crippen molar-refractivity contribution < 1.29 is 29.5 Å². The largest absolute Gasteiger partial charge is 0.902 e. The first-order valence-corrected chi connectivity index (χ1v) is 10.1. The van der Waals surface area contributed by atoms with E-state index < -0.39 is 56.6 Å². The molecule has 2 aromatic rings. The maximum absolute atomic E-state index is 13.9. The molecule has 0 radical (unpaired) electrons. The summed E-state index contributed by atoms with van der Waals surface area (Å²) in [6, 6.07) is 7.39. The van der Waals surface area contributed by atoms with Crippen molar-refractivity contribution in [2.75, 3.05) is 0 Å². The molecule has 0 amide bonds. The van der Waals surface area contributed by atoms with Gasteiger partial charge in [-0.05, 0) is 12.1 Å². The Hall–Kier alpha value is -0.328. The average molecular weight is 504 g/mol. The van der Waals surface area contributed by atoms with Gasteiger partial charge in [-0.25, -0.2) is 13.2 Å². The molecular formula is C14H5AlCl5F5O2. The van der Waals surface area contributed by atoms with Gasteiger partial charge in [0.15, 0.2) is 5.75 Å². The molecule has 0 spiro atoms. The van der Waals surface area contributed by atoms with E-state index in [4.69, 9.17) is 65.6 Å². The lowest BCUT2D eigenvalue weighted by Gasteiger charge is -2.30. The van der Waals surface area contributed by atoms with Crippen LogP contribution in [0.5, 0.6) is 11.5 Å². The minimum absolute atomic E-state index is 0.0398. The van der Waals surface area contributed by atoms with E-state index in [1.54, 1.807) is 6.07 Å². The minimum atomic E-state index is -3.93. The maximum atomic E-state index is 13.9. The average Bonchev–Trinajstić information content (AvgIpc) is 2.60. The molecule has 0 atom stereocenters. The zero-order chi connectivity index (χ0) is 20.6. The topological polar surface area (TPSA) is 18.5 Å². The van der Waals surface area contributed by atoms with Crippen LogP contribution < -0.4 is 7.58 Å². The highest BCUT2D eigenvalue weighted by Crippen LogP contribution is 2.48. The molecule has 0 bridgehead atoms. The lowest BCUT2D eigenvalue weighted by atomic mass is 10.3. The van der Waals surface area contributed by atoms with Crippen LogP contribution in [-0.4, -0.2) is 21.8 Å². The van der Waals surface area contributed by atoms with Crippen LogP contribution in [0.1, 0.15) is 0 Å². The second kappa shape index (κ2) is 8.58. The molecule has 0 aliphatic heterocycles. The summed E-state index contributed by atoms with van der Waals surface area (Å²) in [5.41, 5.74) is 0. The molecule has 0 saturated carbocycles. The first-order valence-electron chi connectivity index (χ1n) is 6.72. The van der Waals surface area contributed by atoms with Gasteiger partial charge in [-0.1, -0.05) is 53.0 Å². The molecule has 0 aliphatic rings. The fourth-order valence-corrected chi connectivity index (χ4v) is 4.50. The van der Waals surface area contributed by atoms with Gasteiger partial charge < -0.3 is 7.58 Å². The summed E-state index contributed by atoms with van der Waals surface area (Å²) in [6.45, 7) is 0. The van der Waals surface area contributed by atoms with E-state index in [9.17, 15) is 22.0 Å². The number of rotatable bonds is 5. The third-order valence-corrected chi connectivity index (χ3v) is 8.68. The summed E-state index contributed by atoms with van der Waals surface area (Å²) in [5.74, 6) is -13.0. The quantitative estimate of drug-likeness (QED) is 0.154. The highest BCUT2D eigenvalue weighted by Gasteiger charge is 2.66. The van der Waals surface area contributed by atoms with Crippen LogP contribution in [0, 0.1) is 29.1 Å². The fourth-order valence-electron chi connectivity index (χ4n) is 1.72. The summed E-state index contributed by atoms with van der Waals surface area (Å²) < 4.78 is 73.1. The van der Waals surface area contributed by atoms with E-state index in [1.165, 1.54) is 24.3 Å². The SMILES string of the molecule is Fc1c(F)c(F)c([O][Al]([O]c2ccccc2)[C](Cl)(Cl)C(Cl)(Cl)Cl)c(F)c1F. The number of halogens is 10. The Bertz CT molecular complexity index is 806. The molecule has 0 unspecified atom stereocenters. The van der Waals surface area contributed by atoms with Crippen LogP contribution in [0.25, 0.3) is 0 Å². The van der Waals surface area contributed by atoms with E-state index >= 15 is 0 Å². The van der Waals surface area contributed by atoms with E-state index in [0.717, 1.165) is 0 Å². The number of hydrogen-bond donors (Lipinski definition) is 0. The predicted octanol–water partition coefficient (Wildman–Crippen LogP) is 6.41. The summed E-state index contributed by atoms with van der Waals surface area (Å²) in [4.78, 5) is 0. The van der Waals surface area contributed by atoms with Crippen LogP contribution in [0.3, 0.4) is 0 Å². The van der Waals surface area contributed by atoms with Gasteiger partial charge in [0.1, 0.15) is 0 Å². The second-order valence-electron chi connectivity index (χ2n) is 4.90. The lowest BCUT2D eigenvalue weighted by Crippen LogP contribution is -2.54. The Balaban J connectivity index is 2.53. The third-order valence-electron chi connectivity index (χ3n) is 3.05. The van der Waals surface area contributed by atoms with E-state index in [0.29, 0.717) is 0 Å². The zero-order valence-corrected chi connectivity index (χ0v) is 17.5. The lowest BCUT2D eigenvalue weighted by molar-refractivity contribution is 0.327. The van der Waals surface area contributed by atoms with Gasteiger partial charge in [-0.2, -0.15) is 8.78 Å². The second-order valence-corrected chi connectivity index (χ2v) is 11.3. The van der Waals surface area contributed by atoms with Crippen LogP contribution >= 0.6 is 58.0 Å². The van der Waals surface area contributed by atoms with Gasteiger partial charge in [0.2, 0.25) is 36.1 Å². The van der Waals surface area contributed by atoms with Crippen LogP contribution in [-0.2, 0) is 0 Å². The van der Waals surface area contributed by atoms with Crippen molar-refractivity contribution in [2.24, 2.45) is 0 Å². The number of benzene rings is 2. The maximum Gasteiger partial charge on any atom is 0.902 e. The molecular weight excluding hydrogens is 499 g/mol. The standard InChI is InChI=1S/C6HF5O.C6H6O.C2Cl5.Al/c7-1-2(8)4(10)6(12)5(11)3(1)9;7-6-4-2-1-3-5-6;3-1(4)2(5,6)7;/h12H;1-5,7H;;/q;;;+2/p-2. The molecule has 0 aliphatic carbocycles. The van der Waals surface area contributed by atoms with Gasteiger partial charge in [0, 0.05) is 0 Å².